The SMILES string of the molecule is Cc1cn2cccc2c(C#Cc2ccc(Cl)cc2)n1. The average molecular weight is 267 g/mol. The van der Waals surface area contributed by atoms with Gasteiger partial charge in [-0.15, -0.1) is 0 Å². The molecule has 19 heavy (non-hydrogen) atoms. The largest absolute Gasteiger partial charge is 0.320 e. The third kappa shape index (κ3) is 2.47. The first-order valence-corrected chi connectivity index (χ1v) is 6.32. The van der Waals surface area contributed by atoms with Gasteiger partial charge in [0.15, 0.2) is 0 Å². The van der Waals surface area contributed by atoms with Gasteiger partial charge in [-0.2, -0.15) is 0 Å². The third-order valence-corrected chi connectivity index (χ3v) is 3.06. The van der Waals surface area contributed by atoms with Crippen molar-refractivity contribution >= 4 is 17.1 Å². The van der Waals surface area contributed by atoms with Crippen molar-refractivity contribution in [2.45, 2.75) is 6.92 Å². The smallest absolute Gasteiger partial charge is 0.137 e. The van der Waals surface area contributed by atoms with E-state index in [1.807, 2.05) is 60.1 Å². The number of nitrogens with zero attached hydrogens (tertiary/aromatic N) is 2. The van der Waals surface area contributed by atoms with E-state index in [9.17, 15) is 0 Å². The highest BCUT2D eigenvalue weighted by Crippen LogP contribution is 2.11. The Morgan fingerprint density at radius 3 is 2.68 bits per heavy atom. The molecular weight excluding hydrogens is 256 g/mol. The summed E-state index contributed by atoms with van der Waals surface area (Å²) in [5, 5.41) is 0.716. The number of hydrogen-bond acceptors (Lipinski definition) is 1. The lowest BCUT2D eigenvalue weighted by atomic mass is 10.2. The Kier molecular flexibility index (Phi) is 2.98. The maximum Gasteiger partial charge on any atom is 0.137 e. The number of aryl methyl sites for hydroxylation is 1. The molecule has 0 saturated heterocycles. The van der Waals surface area contributed by atoms with Crippen molar-refractivity contribution in [2.24, 2.45) is 0 Å². The molecule has 0 aliphatic carbocycles. The normalized spacial score (nSPS) is 10.2. The van der Waals surface area contributed by atoms with Gasteiger partial charge < -0.3 is 4.40 Å². The van der Waals surface area contributed by atoms with Gasteiger partial charge in [-0.05, 0) is 49.2 Å². The molecule has 2 nitrogen and oxygen atoms in total. The summed E-state index contributed by atoms with van der Waals surface area (Å²) in [4.78, 5) is 4.49. The van der Waals surface area contributed by atoms with Gasteiger partial charge in [-0.25, -0.2) is 4.98 Å². The standard InChI is InChI=1S/C16H11ClN2/c1-12-11-19-10-2-3-16(19)15(18-12)9-6-13-4-7-14(17)8-5-13/h2-5,7-8,10-11H,1H3. The van der Waals surface area contributed by atoms with Gasteiger partial charge in [-0.3, -0.25) is 0 Å². The zero-order valence-corrected chi connectivity index (χ0v) is 11.1. The monoisotopic (exact) mass is 266 g/mol. The van der Waals surface area contributed by atoms with Gasteiger partial charge in [0.05, 0.1) is 11.2 Å². The van der Waals surface area contributed by atoms with Gasteiger partial charge in [0.2, 0.25) is 0 Å². The summed E-state index contributed by atoms with van der Waals surface area (Å²) in [5.41, 5.74) is 3.69. The molecule has 0 spiro atoms. The molecule has 0 aliphatic heterocycles. The van der Waals surface area contributed by atoms with E-state index in [1.54, 1.807) is 0 Å². The van der Waals surface area contributed by atoms with Crippen LogP contribution in [-0.4, -0.2) is 9.38 Å². The fourth-order valence-corrected chi connectivity index (χ4v) is 2.05. The van der Waals surface area contributed by atoms with E-state index in [4.69, 9.17) is 11.6 Å². The molecule has 0 N–H and O–H groups in total. The van der Waals surface area contributed by atoms with Crippen molar-refractivity contribution in [3.05, 3.63) is 70.8 Å². The lowest BCUT2D eigenvalue weighted by Gasteiger charge is -1.99. The molecule has 0 fully saturated rings. The van der Waals surface area contributed by atoms with Crippen LogP contribution in [0.1, 0.15) is 17.0 Å². The van der Waals surface area contributed by atoms with Crippen molar-refractivity contribution in [1.82, 2.24) is 9.38 Å². The Hall–Kier alpha value is -2.24. The molecule has 3 rings (SSSR count). The maximum absolute atomic E-state index is 5.85. The highest BCUT2D eigenvalue weighted by Gasteiger charge is 2.00. The topological polar surface area (TPSA) is 17.3 Å². The number of hydrogen-bond donors (Lipinski definition) is 0. The third-order valence-electron chi connectivity index (χ3n) is 2.81. The lowest BCUT2D eigenvalue weighted by molar-refractivity contribution is 1.07. The van der Waals surface area contributed by atoms with Crippen molar-refractivity contribution < 1.29 is 0 Å². The fourth-order valence-electron chi connectivity index (χ4n) is 1.93. The first kappa shape index (κ1) is 11.8. The predicted octanol–water partition coefficient (Wildman–Crippen LogP) is 3.70. The van der Waals surface area contributed by atoms with E-state index in [2.05, 4.69) is 16.8 Å². The van der Waals surface area contributed by atoms with Crippen LogP contribution in [0.2, 0.25) is 5.02 Å². The molecule has 2 heterocycles. The van der Waals surface area contributed by atoms with Crippen LogP contribution in [0.5, 0.6) is 0 Å². The first-order valence-electron chi connectivity index (χ1n) is 5.94. The van der Waals surface area contributed by atoms with Gasteiger partial charge >= 0.3 is 0 Å². The summed E-state index contributed by atoms with van der Waals surface area (Å²) in [5.74, 6) is 6.24. The van der Waals surface area contributed by atoms with Crippen LogP contribution in [0, 0.1) is 18.8 Å². The lowest BCUT2D eigenvalue weighted by Crippen LogP contribution is -1.94. The molecule has 0 radical (unpaired) electrons. The molecule has 0 amide bonds. The number of fused-ring (bicyclic) bond motifs is 1. The molecule has 1 aromatic carbocycles. The highest BCUT2D eigenvalue weighted by atomic mass is 35.5. The Morgan fingerprint density at radius 2 is 1.89 bits per heavy atom. The summed E-state index contributed by atoms with van der Waals surface area (Å²) >= 11 is 5.85. The van der Waals surface area contributed by atoms with E-state index in [-0.39, 0.29) is 0 Å². The number of halogens is 1. The first-order chi connectivity index (χ1) is 9.22. The van der Waals surface area contributed by atoms with Gasteiger partial charge in [-0.1, -0.05) is 17.5 Å². The van der Waals surface area contributed by atoms with E-state index in [0.29, 0.717) is 5.02 Å². The molecule has 3 heteroatoms. The van der Waals surface area contributed by atoms with Crippen LogP contribution >= 0.6 is 11.6 Å². The quantitative estimate of drug-likeness (QED) is 0.567. The Labute approximate surface area is 116 Å². The van der Waals surface area contributed by atoms with Crippen LogP contribution < -0.4 is 0 Å². The maximum atomic E-state index is 5.85. The number of aromatic nitrogens is 2. The molecule has 3 aromatic rings. The van der Waals surface area contributed by atoms with Crippen LogP contribution in [0.15, 0.2) is 48.8 Å². The Morgan fingerprint density at radius 1 is 1.11 bits per heavy atom. The number of benzene rings is 1. The minimum absolute atomic E-state index is 0.716. The average Bonchev–Trinajstić information content (AvgIpc) is 2.85. The summed E-state index contributed by atoms with van der Waals surface area (Å²) in [7, 11) is 0. The van der Waals surface area contributed by atoms with E-state index < -0.39 is 0 Å². The molecule has 0 bridgehead atoms. The zero-order chi connectivity index (χ0) is 13.2. The van der Waals surface area contributed by atoms with Gasteiger partial charge in [0.1, 0.15) is 5.69 Å². The Bertz CT molecular complexity index is 789. The zero-order valence-electron chi connectivity index (χ0n) is 10.4. The van der Waals surface area contributed by atoms with Crippen LogP contribution in [0.4, 0.5) is 0 Å². The van der Waals surface area contributed by atoms with Gasteiger partial charge in [0, 0.05) is 23.0 Å². The summed E-state index contributed by atoms with van der Waals surface area (Å²) < 4.78 is 2.04. The van der Waals surface area contributed by atoms with Gasteiger partial charge in [0.25, 0.3) is 0 Å². The molecular formula is C16H11ClN2. The van der Waals surface area contributed by atoms with E-state index in [0.717, 1.165) is 22.5 Å². The van der Waals surface area contributed by atoms with Crippen LogP contribution in [0.25, 0.3) is 5.52 Å². The molecule has 0 aliphatic rings. The highest BCUT2D eigenvalue weighted by molar-refractivity contribution is 6.30. The second kappa shape index (κ2) is 4.79. The minimum atomic E-state index is 0.716. The van der Waals surface area contributed by atoms with E-state index >= 15 is 0 Å². The molecule has 0 saturated carbocycles. The second-order valence-electron chi connectivity index (χ2n) is 4.29. The minimum Gasteiger partial charge on any atom is -0.320 e. The van der Waals surface area contributed by atoms with Crippen molar-refractivity contribution in [2.75, 3.05) is 0 Å². The second-order valence-corrected chi connectivity index (χ2v) is 4.72. The molecule has 2 aromatic heterocycles. The van der Waals surface area contributed by atoms with Crippen molar-refractivity contribution in [3.8, 4) is 11.8 Å². The fraction of sp³-hybridized carbons (Fsp3) is 0.0625. The molecule has 92 valence electrons. The number of rotatable bonds is 0. The van der Waals surface area contributed by atoms with Crippen molar-refractivity contribution in [1.29, 1.82) is 0 Å². The van der Waals surface area contributed by atoms with Crippen molar-refractivity contribution in [3.63, 3.8) is 0 Å². The molecule has 0 unspecified atom stereocenters. The molecule has 0 atom stereocenters. The summed E-state index contributed by atoms with van der Waals surface area (Å²) in [6.45, 7) is 1.97. The summed E-state index contributed by atoms with van der Waals surface area (Å²) in [6.07, 6.45) is 3.99. The van der Waals surface area contributed by atoms with Crippen LogP contribution in [0.3, 0.4) is 0 Å². The van der Waals surface area contributed by atoms with E-state index in [1.165, 1.54) is 0 Å². The van der Waals surface area contributed by atoms with Crippen LogP contribution in [-0.2, 0) is 0 Å². The Balaban J connectivity index is 2.06. The summed E-state index contributed by atoms with van der Waals surface area (Å²) in [6, 6.07) is 11.5. The predicted molar refractivity (Wildman–Crippen MR) is 77.4 cm³/mol.